The van der Waals surface area contributed by atoms with Crippen LogP contribution in [0.15, 0.2) is 0 Å². The lowest BCUT2D eigenvalue weighted by Crippen LogP contribution is -2.54. The first-order chi connectivity index (χ1) is 9.49. The molecule has 2 rings (SSSR count). The molecule has 1 N–H and O–H groups in total. The highest BCUT2D eigenvalue weighted by Gasteiger charge is 2.39. The van der Waals surface area contributed by atoms with E-state index < -0.39 is 15.1 Å². The molecule has 2 aliphatic rings. The lowest BCUT2D eigenvalue weighted by atomic mass is 9.90. The predicted octanol–water partition coefficient (Wildman–Crippen LogP) is 0.800. The Morgan fingerprint density at radius 1 is 1.30 bits per heavy atom. The summed E-state index contributed by atoms with van der Waals surface area (Å²) in [6.07, 6.45) is 3.97. The second kappa shape index (κ2) is 6.43. The van der Waals surface area contributed by atoms with Crippen molar-refractivity contribution in [2.45, 2.75) is 50.3 Å². The van der Waals surface area contributed by atoms with Gasteiger partial charge >= 0.3 is 0 Å². The van der Waals surface area contributed by atoms with Crippen LogP contribution in [0.4, 0.5) is 0 Å². The summed E-state index contributed by atoms with van der Waals surface area (Å²) < 4.78 is 24.2. The minimum atomic E-state index is -3.22. The van der Waals surface area contributed by atoms with Gasteiger partial charge in [0.25, 0.3) is 0 Å². The van der Waals surface area contributed by atoms with Crippen molar-refractivity contribution in [2.75, 3.05) is 25.9 Å². The van der Waals surface area contributed by atoms with Gasteiger partial charge in [0.2, 0.25) is 5.91 Å². The summed E-state index contributed by atoms with van der Waals surface area (Å²) in [5.74, 6) is 0.440. The molecule has 0 bridgehead atoms. The molecular weight excluding hydrogens is 276 g/mol. The molecule has 2 fully saturated rings. The summed E-state index contributed by atoms with van der Waals surface area (Å²) in [6, 6.07) is 0.437. The van der Waals surface area contributed by atoms with Crippen LogP contribution in [0, 0.1) is 5.92 Å². The zero-order chi connectivity index (χ0) is 14.8. The first-order valence-electron chi connectivity index (χ1n) is 7.67. The van der Waals surface area contributed by atoms with Gasteiger partial charge in [-0.25, -0.2) is 8.42 Å². The van der Waals surface area contributed by atoms with E-state index in [1.807, 2.05) is 7.05 Å². The molecule has 2 aliphatic heterocycles. The van der Waals surface area contributed by atoms with E-state index in [1.54, 1.807) is 4.90 Å². The summed E-state index contributed by atoms with van der Waals surface area (Å²) in [4.78, 5) is 14.3. The van der Waals surface area contributed by atoms with Crippen LogP contribution < -0.4 is 5.32 Å². The van der Waals surface area contributed by atoms with Gasteiger partial charge in [0, 0.05) is 19.1 Å². The van der Waals surface area contributed by atoms with Crippen molar-refractivity contribution >= 4 is 15.7 Å². The number of likely N-dealkylation sites (tertiary alicyclic amines) is 1. The van der Waals surface area contributed by atoms with Gasteiger partial charge in [-0.15, -0.1) is 0 Å². The van der Waals surface area contributed by atoms with E-state index in [4.69, 9.17) is 0 Å². The minimum Gasteiger partial charge on any atom is -0.341 e. The second-order valence-electron chi connectivity index (χ2n) is 5.99. The predicted molar refractivity (Wildman–Crippen MR) is 79.3 cm³/mol. The molecule has 2 heterocycles. The number of sulfone groups is 1. The van der Waals surface area contributed by atoms with E-state index >= 15 is 0 Å². The Bertz CT molecular complexity index is 449. The molecule has 5 nitrogen and oxygen atoms in total. The quantitative estimate of drug-likeness (QED) is 0.837. The van der Waals surface area contributed by atoms with Gasteiger partial charge < -0.3 is 10.2 Å². The van der Waals surface area contributed by atoms with Crippen LogP contribution in [-0.4, -0.2) is 56.4 Å². The highest BCUT2D eigenvalue weighted by molar-refractivity contribution is 7.92. The smallest absolute Gasteiger partial charge is 0.240 e. The van der Waals surface area contributed by atoms with Gasteiger partial charge in [0.05, 0.1) is 5.75 Å². The first kappa shape index (κ1) is 15.8. The average Bonchev–Trinajstić information content (AvgIpc) is 2.45. The van der Waals surface area contributed by atoms with Crippen LogP contribution in [0.3, 0.4) is 0 Å². The maximum Gasteiger partial charge on any atom is 0.240 e. The van der Waals surface area contributed by atoms with E-state index in [0.29, 0.717) is 37.9 Å². The minimum absolute atomic E-state index is 0.155. The van der Waals surface area contributed by atoms with E-state index in [2.05, 4.69) is 12.2 Å². The third-order valence-electron chi connectivity index (χ3n) is 4.79. The van der Waals surface area contributed by atoms with Gasteiger partial charge in [-0.2, -0.15) is 0 Å². The van der Waals surface area contributed by atoms with E-state index in [-0.39, 0.29) is 11.7 Å². The van der Waals surface area contributed by atoms with Crippen molar-refractivity contribution in [3.05, 3.63) is 0 Å². The van der Waals surface area contributed by atoms with Crippen molar-refractivity contribution in [3.8, 4) is 0 Å². The second-order valence-corrected chi connectivity index (χ2v) is 8.29. The highest BCUT2D eigenvalue weighted by Crippen LogP contribution is 2.25. The number of hydrogen-bond donors (Lipinski definition) is 1. The molecule has 6 heteroatoms. The van der Waals surface area contributed by atoms with Crippen LogP contribution >= 0.6 is 0 Å². The van der Waals surface area contributed by atoms with Crippen LogP contribution in [0.5, 0.6) is 0 Å². The van der Waals surface area contributed by atoms with Gasteiger partial charge in [-0.05, 0) is 32.2 Å². The standard InChI is InChI=1S/C14H26N2O3S/c1-3-11-10-16(8-7-12(11)15-2)14(17)13-6-4-5-9-20(13,18)19/h11-13,15H,3-10H2,1-2H3. The Hall–Kier alpha value is -0.620. The Balaban J connectivity index is 2.06. The number of rotatable bonds is 3. The molecule has 116 valence electrons. The number of nitrogens with zero attached hydrogens (tertiary/aromatic N) is 1. The number of carbonyl (C=O) groups is 1. The molecular formula is C14H26N2O3S. The van der Waals surface area contributed by atoms with Crippen LogP contribution in [-0.2, 0) is 14.6 Å². The topological polar surface area (TPSA) is 66.5 Å². The monoisotopic (exact) mass is 302 g/mol. The van der Waals surface area contributed by atoms with E-state index in [1.165, 1.54) is 0 Å². The molecule has 0 radical (unpaired) electrons. The molecule has 0 aliphatic carbocycles. The number of nitrogens with one attached hydrogen (secondary N) is 1. The molecule has 0 saturated carbocycles. The lowest BCUT2D eigenvalue weighted by molar-refractivity contribution is -0.133. The molecule has 0 spiro atoms. The van der Waals surface area contributed by atoms with Gasteiger partial charge in [0.15, 0.2) is 9.84 Å². The van der Waals surface area contributed by atoms with Gasteiger partial charge in [-0.3, -0.25) is 4.79 Å². The fourth-order valence-corrected chi connectivity index (χ4v) is 5.33. The van der Waals surface area contributed by atoms with Crippen LogP contribution in [0.1, 0.15) is 39.0 Å². The summed E-state index contributed by atoms with van der Waals surface area (Å²) in [7, 11) is -1.27. The maximum absolute atomic E-state index is 12.6. The molecule has 0 aromatic heterocycles. The number of hydrogen-bond acceptors (Lipinski definition) is 4. The van der Waals surface area contributed by atoms with Crippen molar-refractivity contribution in [3.63, 3.8) is 0 Å². The Labute approximate surface area is 122 Å². The van der Waals surface area contributed by atoms with Gasteiger partial charge in [0.1, 0.15) is 5.25 Å². The molecule has 3 unspecified atom stereocenters. The number of carbonyl (C=O) groups excluding carboxylic acids is 1. The molecule has 1 amide bonds. The van der Waals surface area contributed by atoms with Crippen molar-refractivity contribution in [1.29, 1.82) is 0 Å². The summed E-state index contributed by atoms with van der Waals surface area (Å²) in [5, 5.41) is 2.53. The van der Waals surface area contributed by atoms with Crippen molar-refractivity contribution in [1.82, 2.24) is 10.2 Å². The first-order valence-corrected chi connectivity index (χ1v) is 9.38. The summed E-state index contributed by atoms with van der Waals surface area (Å²) >= 11 is 0. The highest BCUT2D eigenvalue weighted by atomic mass is 32.2. The Kier molecular flexibility index (Phi) is 5.07. The number of amides is 1. The Morgan fingerprint density at radius 3 is 2.65 bits per heavy atom. The molecule has 2 saturated heterocycles. The zero-order valence-electron chi connectivity index (χ0n) is 12.5. The zero-order valence-corrected chi connectivity index (χ0v) is 13.3. The fraction of sp³-hybridized carbons (Fsp3) is 0.929. The average molecular weight is 302 g/mol. The van der Waals surface area contributed by atoms with Crippen molar-refractivity contribution < 1.29 is 13.2 Å². The third-order valence-corrected chi connectivity index (χ3v) is 6.96. The molecule has 0 aromatic carbocycles. The van der Waals surface area contributed by atoms with Gasteiger partial charge in [-0.1, -0.05) is 19.8 Å². The van der Waals surface area contributed by atoms with Crippen molar-refractivity contribution in [2.24, 2.45) is 5.92 Å². The van der Waals surface area contributed by atoms with E-state index in [0.717, 1.165) is 19.3 Å². The normalized spacial score (nSPS) is 33.9. The van der Waals surface area contributed by atoms with Crippen LogP contribution in [0.2, 0.25) is 0 Å². The molecule has 3 atom stereocenters. The Morgan fingerprint density at radius 2 is 2.05 bits per heavy atom. The SMILES string of the molecule is CCC1CN(C(=O)C2CCCCS2(=O)=O)CCC1NC. The summed E-state index contributed by atoms with van der Waals surface area (Å²) in [5.41, 5.74) is 0. The third kappa shape index (κ3) is 3.17. The maximum atomic E-state index is 12.6. The van der Waals surface area contributed by atoms with E-state index in [9.17, 15) is 13.2 Å². The largest absolute Gasteiger partial charge is 0.341 e. The molecule has 0 aromatic rings. The van der Waals surface area contributed by atoms with Crippen LogP contribution in [0.25, 0.3) is 0 Å². The summed E-state index contributed by atoms with van der Waals surface area (Å²) in [6.45, 7) is 3.49. The number of piperidine rings is 1. The fourth-order valence-electron chi connectivity index (χ4n) is 3.46. The lowest BCUT2D eigenvalue weighted by Gasteiger charge is -2.39. The molecule has 20 heavy (non-hydrogen) atoms.